The second kappa shape index (κ2) is 9.62. The smallest absolute Gasteiger partial charge is 0.340 e. The van der Waals surface area contributed by atoms with Crippen LogP contribution in [-0.4, -0.2) is 26.5 Å². The van der Waals surface area contributed by atoms with E-state index in [-0.39, 0.29) is 29.6 Å². The minimum Gasteiger partial charge on any atom is -0.456 e. The summed E-state index contributed by atoms with van der Waals surface area (Å²) >= 11 is 1.33. The SMILES string of the molecule is CCCCC(=O)Nc1ccccc1C(=O)OCc1cc(=O)n2nc(C(C)C)sc2n1. The number of rotatable bonds is 8. The van der Waals surface area contributed by atoms with Crippen molar-refractivity contribution in [3.63, 3.8) is 0 Å². The molecule has 9 heteroatoms. The highest BCUT2D eigenvalue weighted by molar-refractivity contribution is 7.16. The van der Waals surface area contributed by atoms with Gasteiger partial charge in [-0.05, 0) is 18.6 Å². The zero-order valence-corrected chi connectivity index (χ0v) is 18.0. The van der Waals surface area contributed by atoms with E-state index >= 15 is 0 Å². The summed E-state index contributed by atoms with van der Waals surface area (Å²) in [7, 11) is 0. The lowest BCUT2D eigenvalue weighted by Gasteiger charge is -2.10. The van der Waals surface area contributed by atoms with E-state index in [0.717, 1.165) is 17.8 Å². The van der Waals surface area contributed by atoms with Gasteiger partial charge in [-0.3, -0.25) is 9.59 Å². The van der Waals surface area contributed by atoms with Crippen LogP contribution < -0.4 is 10.9 Å². The largest absolute Gasteiger partial charge is 0.456 e. The normalized spacial score (nSPS) is 11.1. The lowest BCUT2D eigenvalue weighted by molar-refractivity contribution is -0.116. The van der Waals surface area contributed by atoms with Crippen LogP contribution in [0.15, 0.2) is 35.1 Å². The monoisotopic (exact) mass is 428 g/mol. The molecular weight excluding hydrogens is 404 g/mol. The average Bonchev–Trinajstić information content (AvgIpc) is 3.16. The zero-order chi connectivity index (χ0) is 21.7. The van der Waals surface area contributed by atoms with Crippen molar-refractivity contribution in [1.82, 2.24) is 14.6 Å². The van der Waals surface area contributed by atoms with E-state index in [4.69, 9.17) is 4.74 Å². The minimum atomic E-state index is -0.601. The van der Waals surface area contributed by atoms with Gasteiger partial charge in [-0.25, -0.2) is 9.78 Å². The second-order valence-electron chi connectivity index (χ2n) is 7.15. The number of amides is 1. The summed E-state index contributed by atoms with van der Waals surface area (Å²) in [4.78, 5) is 41.7. The Morgan fingerprint density at radius 2 is 2.03 bits per heavy atom. The summed E-state index contributed by atoms with van der Waals surface area (Å²) in [5.41, 5.74) is 0.672. The number of aromatic nitrogens is 3. The molecule has 1 amide bonds. The van der Waals surface area contributed by atoms with Gasteiger partial charge in [0.15, 0.2) is 0 Å². The number of anilines is 1. The summed E-state index contributed by atoms with van der Waals surface area (Å²) in [5.74, 6) is -0.569. The van der Waals surface area contributed by atoms with Gasteiger partial charge in [-0.1, -0.05) is 50.7 Å². The molecule has 0 aliphatic carbocycles. The standard InChI is InChI=1S/C21H24N4O4S/c1-4-5-10-17(26)23-16-9-7-6-8-15(16)20(28)29-12-14-11-18(27)25-21(22-14)30-19(24-25)13(2)3/h6-9,11,13H,4-5,10,12H2,1-3H3,(H,23,26). The van der Waals surface area contributed by atoms with Gasteiger partial charge in [-0.15, -0.1) is 0 Å². The van der Waals surface area contributed by atoms with Crippen molar-refractivity contribution in [3.8, 4) is 0 Å². The molecule has 0 aliphatic rings. The molecule has 1 aromatic carbocycles. The van der Waals surface area contributed by atoms with Crippen molar-refractivity contribution >= 4 is 33.9 Å². The number of carbonyl (C=O) groups excluding carboxylic acids is 2. The fourth-order valence-corrected chi connectivity index (χ4v) is 3.64. The van der Waals surface area contributed by atoms with Crippen LogP contribution in [-0.2, 0) is 16.1 Å². The van der Waals surface area contributed by atoms with Gasteiger partial charge in [0.1, 0.15) is 11.6 Å². The van der Waals surface area contributed by atoms with Crippen LogP contribution in [0.25, 0.3) is 4.96 Å². The molecule has 3 rings (SSSR count). The number of carbonyl (C=O) groups is 2. The van der Waals surface area contributed by atoms with E-state index in [2.05, 4.69) is 15.4 Å². The lowest BCUT2D eigenvalue weighted by Crippen LogP contribution is -2.18. The first kappa shape index (κ1) is 21.6. The number of hydrogen-bond donors (Lipinski definition) is 1. The van der Waals surface area contributed by atoms with Crippen molar-refractivity contribution in [3.05, 3.63) is 57.0 Å². The molecule has 1 N–H and O–H groups in total. The molecule has 0 unspecified atom stereocenters. The molecule has 2 aromatic heterocycles. The minimum absolute atomic E-state index is 0.150. The topological polar surface area (TPSA) is 103 Å². The van der Waals surface area contributed by atoms with Crippen LogP contribution in [0.5, 0.6) is 0 Å². The fourth-order valence-electron chi connectivity index (χ4n) is 2.72. The molecule has 0 bridgehead atoms. The van der Waals surface area contributed by atoms with Gasteiger partial charge >= 0.3 is 5.97 Å². The first-order valence-electron chi connectivity index (χ1n) is 9.84. The zero-order valence-electron chi connectivity index (χ0n) is 17.2. The summed E-state index contributed by atoms with van der Waals surface area (Å²) in [6, 6.07) is 7.98. The van der Waals surface area contributed by atoms with Gasteiger partial charge in [0.25, 0.3) is 5.56 Å². The molecule has 0 radical (unpaired) electrons. The Balaban J connectivity index is 1.73. The highest BCUT2D eigenvalue weighted by Gasteiger charge is 2.16. The van der Waals surface area contributed by atoms with Crippen LogP contribution in [0.4, 0.5) is 5.69 Å². The maximum atomic E-state index is 12.6. The quantitative estimate of drug-likeness (QED) is 0.548. The van der Waals surface area contributed by atoms with E-state index < -0.39 is 5.97 Å². The average molecular weight is 429 g/mol. The number of unbranched alkanes of at least 4 members (excludes halogenated alkanes) is 1. The van der Waals surface area contributed by atoms with Gasteiger partial charge in [0.05, 0.1) is 16.9 Å². The molecule has 0 saturated carbocycles. The number of esters is 1. The first-order chi connectivity index (χ1) is 14.4. The Kier molecular flexibility index (Phi) is 6.94. The third-order valence-electron chi connectivity index (χ3n) is 4.34. The summed E-state index contributed by atoms with van der Waals surface area (Å²) in [6.45, 7) is 5.83. The van der Waals surface area contributed by atoms with Gasteiger partial charge in [0.2, 0.25) is 10.9 Å². The number of para-hydroxylation sites is 1. The molecule has 0 atom stereocenters. The molecular formula is C21H24N4O4S. The van der Waals surface area contributed by atoms with Crippen LogP contribution in [0.3, 0.4) is 0 Å². The Hall–Kier alpha value is -3.07. The predicted octanol–water partition coefficient (Wildman–Crippen LogP) is 3.76. The highest BCUT2D eigenvalue weighted by atomic mass is 32.1. The molecule has 3 aromatic rings. The third kappa shape index (κ3) is 5.10. The molecule has 0 spiro atoms. The van der Waals surface area contributed by atoms with Crippen molar-refractivity contribution < 1.29 is 14.3 Å². The molecule has 2 heterocycles. The van der Waals surface area contributed by atoms with Gasteiger partial charge in [0, 0.05) is 18.4 Å². The molecule has 0 aliphatic heterocycles. The summed E-state index contributed by atoms with van der Waals surface area (Å²) < 4.78 is 6.62. The maximum Gasteiger partial charge on any atom is 0.340 e. The van der Waals surface area contributed by atoms with Gasteiger partial charge in [-0.2, -0.15) is 9.61 Å². The van der Waals surface area contributed by atoms with Crippen LogP contribution in [0.2, 0.25) is 0 Å². The molecule has 0 fully saturated rings. The van der Waals surface area contributed by atoms with Crippen LogP contribution >= 0.6 is 11.3 Å². The van der Waals surface area contributed by atoms with E-state index in [1.165, 1.54) is 21.9 Å². The number of ether oxygens (including phenoxy) is 1. The Labute approximate surface area is 177 Å². The molecule has 0 saturated heterocycles. The maximum absolute atomic E-state index is 12.6. The number of benzene rings is 1. The van der Waals surface area contributed by atoms with Crippen molar-refractivity contribution in [2.24, 2.45) is 0 Å². The first-order valence-corrected chi connectivity index (χ1v) is 10.7. The molecule has 8 nitrogen and oxygen atoms in total. The Bertz CT molecular complexity index is 1120. The van der Waals surface area contributed by atoms with Crippen molar-refractivity contribution in [2.75, 3.05) is 5.32 Å². The predicted molar refractivity (Wildman–Crippen MR) is 115 cm³/mol. The van der Waals surface area contributed by atoms with Gasteiger partial charge < -0.3 is 10.1 Å². The number of nitrogens with zero attached hydrogens (tertiary/aromatic N) is 3. The Morgan fingerprint density at radius 1 is 1.27 bits per heavy atom. The Morgan fingerprint density at radius 3 is 2.77 bits per heavy atom. The highest BCUT2D eigenvalue weighted by Crippen LogP contribution is 2.20. The number of nitrogens with one attached hydrogen (secondary N) is 1. The van der Waals surface area contributed by atoms with E-state index in [1.54, 1.807) is 24.3 Å². The fraction of sp³-hybridized carbons (Fsp3) is 0.381. The van der Waals surface area contributed by atoms with Crippen molar-refractivity contribution in [2.45, 2.75) is 52.6 Å². The van der Waals surface area contributed by atoms with Crippen LogP contribution in [0.1, 0.15) is 67.0 Å². The number of fused-ring (bicyclic) bond motifs is 1. The van der Waals surface area contributed by atoms with Crippen LogP contribution in [0, 0.1) is 0 Å². The van der Waals surface area contributed by atoms with E-state index in [0.29, 0.717) is 22.8 Å². The van der Waals surface area contributed by atoms with E-state index in [9.17, 15) is 14.4 Å². The second-order valence-corrected chi connectivity index (χ2v) is 8.14. The van der Waals surface area contributed by atoms with Crippen molar-refractivity contribution in [1.29, 1.82) is 0 Å². The van der Waals surface area contributed by atoms with E-state index in [1.807, 2.05) is 20.8 Å². The molecule has 158 valence electrons. The summed E-state index contributed by atoms with van der Waals surface area (Å²) in [6.07, 6.45) is 2.08. The lowest BCUT2D eigenvalue weighted by atomic mass is 10.1. The summed E-state index contributed by atoms with van der Waals surface area (Å²) in [5, 5.41) is 7.83. The molecule has 30 heavy (non-hydrogen) atoms. The number of hydrogen-bond acceptors (Lipinski definition) is 7. The third-order valence-corrected chi connectivity index (χ3v) is 5.55.